The first-order valence-corrected chi connectivity index (χ1v) is 10.6. The number of carbonyl (C=O) groups excluding carboxylic acids is 2. The number of ether oxygens (including phenoxy) is 1. The molecule has 0 bridgehead atoms. The van der Waals surface area contributed by atoms with Crippen LogP contribution in [0.5, 0.6) is 5.75 Å². The monoisotopic (exact) mass is 434 g/mol. The van der Waals surface area contributed by atoms with Crippen LogP contribution in [0.15, 0.2) is 84.9 Å². The molecular formula is C26H27FN2O3. The van der Waals surface area contributed by atoms with Crippen molar-refractivity contribution in [2.24, 2.45) is 0 Å². The Labute approximate surface area is 187 Å². The van der Waals surface area contributed by atoms with Gasteiger partial charge in [-0.2, -0.15) is 0 Å². The van der Waals surface area contributed by atoms with E-state index in [2.05, 4.69) is 5.32 Å². The van der Waals surface area contributed by atoms with E-state index < -0.39 is 6.04 Å². The van der Waals surface area contributed by atoms with Crippen LogP contribution in [0.25, 0.3) is 0 Å². The van der Waals surface area contributed by atoms with E-state index in [-0.39, 0.29) is 30.8 Å². The van der Waals surface area contributed by atoms with Gasteiger partial charge >= 0.3 is 0 Å². The van der Waals surface area contributed by atoms with Crippen LogP contribution in [-0.2, 0) is 22.6 Å². The van der Waals surface area contributed by atoms with Crippen molar-refractivity contribution in [1.82, 2.24) is 10.2 Å². The van der Waals surface area contributed by atoms with Gasteiger partial charge in [-0.25, -0.2) is 4.39 Å². The van der Waals surface area contributed by atoms with E-state index in [0.29, 0.717) is 18.7 Å². The summed E-state index contributed by atoms with van der Waals surface area (Å²) in [6.07, 6.45) is 0.697. The molecule has 1 atom stereocenters. The minimum atomic E-state index is -0.720. The van der Waals surface area contributed by atoms with E-state index in [1.165, 1.54) is 17.0 Å². The quantitative estimate of drug-likeness (QED) is 0.525. The molecule has 0 unspecified atom stereocenters. The highest BCUT2D eigenvalue weighted by Gasteiger charge is 2.26. The molecule has 3 aromatic carbocycles. The highest BCUT2D eigenvalue weighted by Crippen LogP contribution is 2.13. The summed E-state index contributed by atoms with van der Waals surface area (Å²) in [6, 6.07) is 24.0. The molecule has 166 valence electrons. The molecule has 0 aliphatic heterocycles. The van der Waals surface area contributed by atoms with Gasteiger partial charge in [-0.05, 0) is 48.7 Å². The van der Waals surface area contributed by atoms with Crippen LogP contribution >= 0.6 is 0 Å². The van der Waals surface area contributed by atoms with E-state index in [4.69, 9.17) is 4.74 Å². The Hall–Kier alpha value is -3.67. The fraction of sp³-hybridized carbons (Fsp3) is 0.231. The molecule has 0 aromatic heterocycles. The second-order valence-corrected chi connectivity index (χ2v) is 7.45. The summed E-state index contributed by atoms with van der Waals surface area (Å²) in [5, 5.41) is 2.90. The Morgan fingerprint density at radius 1 is 0.906 bits per heavy atom. The first-order chi connectivity index (χ1) is 15.5. The zero-order valence-electron chi connectivity index (χ0n) is 18.0. The van der Waals surface area contributed by atoms with Crippen LogP contribution in [0.4, 0.5) is 4.39 Å². The predicted molar refractivity (Wildman–Crippen MR) is 122 cm³/mol. The van der Waals surface area contributed by atoms with Crippen LogP contribution in [0.3, 0.4) is 0 Å². The van der Waals surface area contributed by atoms with Crippen molar-refractivity contribution in [1.29, 1.82) is 0 Å². The summed E-state index contributed by atoms with van der Waals surface area (Å²) < 4.78 is 18.9. The molecular weight excluding hydrogens is 407 g/mol. The average Bonchev–Trinajstić information content (AvgIpc) is 2.83. The van der Waals surface area contributed by atoms with Crippen molar-refractivity contribution in [2.75, 3.05) is 13.2 Å². The molecule has 0 radical (unpaired) electrons. The molecule has 0 spiro atoms. The molecule has 0 saturated heterocycles. The van der Waals surface area contributed by atoms with E-state index in [1.54, 1.807) is 31.2 Å². The van der Waals surface area contributed by atoms with Gasteiger partial charge in [0.05, 0.1) is 0 Å². The topological polar surface area (TPSA) is 58.6 Å². The van der Waals surface area contributed by atoms with Crippen molar-refractivity contribution in [3.8, 4) is 5.75 Å². The van der Waals surface area contributed by atoms with Gasteiger partial charge in [0.15, 0.2) is 6.61 Å². The molecule has 0 fully saturated rings. The fourth-order valence-corrected chi connectivity index (χ4v) is 3.24. The molecule has 3 rings (SSSR count). The van der Waals surface area contributed by atoms with E-state index in [1.807, 2.05) is 48.5 Å². The van der Waals surface area contributed by atoms with Crippen LogP contribution in [-0.4, -0.2) is 35.9 Å². The average molecular weight is 435 g/mol. The lowest BCUT2D eigenvalue weighted by molar-refractivity contribution is -0.142. The van der Waals surface area contributed by atoms with E-state index in [9.17, 15) is 14.0 Å². The van der Waals surface area contributed by atoms with Gasteiger partial charge in [-0.3, -0.25) is 9.59 Å². The summed E-state index contributed by atoms with van der Waals surface area (Å²) >= 11 is 0. The standard InChI is InChI=1S/C26H27FN2O3/c1-20(26(31)28-17-16-21-8-4-2-5-9-21)29(18-22-12-14-23(27)15-13-22)25(30)19-32-24-10-6-3-7-11-24/h2-15,20H,16-19H2,1H3,(H,28,31)/t20-/m1/s1. The highest BCUT2D eigenvalue weighted by molar-refractivity contribution is 5.88. The van der Waals surface area contributed by atoms with Crippen LogP contribution in [0.1, 0.15) is 18.1 Å². The first-order valence-electron chi connectivity index (χ1n) is 10.6. The summed E-state index contributed by atoms with van der Waals surface area (Å²) in [4.78, 5) is 27.2. The first kappa shape index (κ1) is 23.0. The zero-order valence-corrected chi connectivity index (χ0v) is 18.0. The lowest BCUT2D eigenvalue weighted by Crippen LogP contribution is -2.49. The smallest absolute Gasteiger partial charge is 0.261 e. The number of halogens is 1. The lowest BCUT2D eigenvalue weighted by Gasteiger charge is -2.28. The maximum atomic E-state index is 13.3. The number of rotatable bonds is 10. The summed E-state index contributed by atoms with van der Waals surface area (Å²) in [7, 11) is 0. The molecule has 32 heavy (non-hydrogen) atoms. The van der Waals surface area contributed by atoms with Crippen LogP contribution in [0.2, 0.25) is 0 Å². The number of benzene rings is 3. The third kappa shape index (κ3) is 6.94. The number of nitrogens with zero attached hydrogens (tertiary/aromatic N) is 1. The zero-order chi connectivity index (χ0) is 22.8. The summed E-state index contributed by atoms with van der Waals surface area (Å²) in [5.41, 5.74) is 1.85. The van der Waals surface area contributed by atoms with Gasteiger partial charge in [-0.15, -0.1) is 0 Å². The Morgan fingerprint density at radius 3 is 2.19 bits per heavy atom. The largest absolute Gasteiger partial charge is 0.484 e. The van der Waals surface area contributed by atoms with E-state index in [0.717, 1.165) is 11.1 Å². The van der Waals surface area contributed by atoms with Crippen LogP contribution < -0.4 is 10.1 Å². The number of hydrogen-bond acceptors (Lipinski definition) is 3. The maximum absolute atomic E-state index is 13.3. The number of para-hydroxylation sites is 1. The molecule has 1 N–H and O–H groups in total. The molecule has 0 aliphatic rings. The second kappa shape index (κ2) is 11.6. The molecule has 5 nitrogen and oxygen atoms in total. The molecule has 0 saturated carbocycles. The van der Waals surface area contributed by atoms with Crippen molar-refractivity contribution >= 4 is 11.8 Å². The molecule has 6 heteroatoms. The number of hydrogen-bond donors (Lipinski definition) is 1. The van der Waals surface area contributed by atoms with Crippen molar-refractivity contribution < 1.29 is 18.7 Å². The number of nitrogens with one attached hydrogen (secondary N) is 1. The molecule has 2 amide bonds. The van der Waals surface area contributed by atoms with Gasteiger partial charge in [0.1, 0.15) is 17.6 Å². The van der Waals surface area contributed by atoms with Crippen molar-refractivity contribution in [3.05, 3.63) is 102 Å². The Bertz CT molecular complexity index is 995. The lowest BCUT2D eigenvalue weighted by atomic mass is 10.1. The fourth-order valence-electron chi connectivity index (χ4n) is 3.24. The minimum absolute atomic E-state index is 0.171. The Balaban J connectivity index is 1.64. The summed E-state index contributed by atoms with van der Waals surface area (Å²) in [6.45, 7) is 2.12. The van der Waals surface area contributed by atoms with Gasteiger partial charge in [0.25, 0.3) is 5.91 Å². The highest BCUT2D eigenvalue weighted by atomic mass is 19.1. The Morgan fingerprint density at radius 2 is 1.53 bits per heavy atom. The number of amides is 2. The second-order valence-electron chi connectivity index (χ2n) is 7.45. The molecule has 3 aromatic rings. The van der Waals surface area contributed by atoms with Crippen molar-refractivity contribution in [3.63, 3.8) is 0 Å². The molecule has 0 heterocycles. The van der Waals surface area contributed by atoms with Crippen molar-refractivity contribution in [2.45, 2.75) is 25.9 Å². The van der Waals surface area contributed by atoms with Gasteiger partial charge in [0.2, 0.25) is 5.91 Å². The predicted octanol–water partition coefficient (Wildman–Crippen LogP) is 3.98. The number of carbonyl (C=O) groups is 2. The van der Waals surface area contributed by atoms with Gasteiger partial charge in [0, 0.05) is 13.1 Å². The van der Waals surface area contributed by atoms with E-state index >= 15 is 0 Å². The minimum Gasteiger partial charge on any atom is -0.484 e. The molecule has 0 aliphatic carbocycles. The maximum Gasteiger partial charge on any atom is 0.261 e. The third-order valence-electron chi connectivity index (χ3n) is 5.09. The Kier molecular flexibility index (Phi) is 8.37. The van der Waals surface area contributed by atoms with Gasteiger partial charge in [-0.1, -0.05) is 60.7 Å². The van der Waals surface area contributed by atoms with Crippen LogP contribution in [0, 0.1) is 5.82 Å². The SMILES string of the molecule is C[C@H](C(=O)NCCc1ccccc1)N(Cc1ccc(F)cc1)C(=O)COc1ccccc1. The van der Waals surface area contributed by atoms with Gasteiger partial charge < -0.3 is 15.0 Å². The normalized spacial score (nSPS) is 11.4. The summed E-state index contributed by atoms with van der Waals surface area (Å²) in [5.74, 6) is -0.367. The third-order valence-corrected chi connectivity index (χ3v) is 5.09.